The molecule has 0 N–H and O–H groups in total. The van der Waals surface area contributed by atoms with E-state index < -0.39 is 34.5 Å². The molecule has 0 bridgehead atoms. The molecule has 0 radical (unpaired) electrons. The smallest absolute Gasteiger partial charge is 0.400 e. The van der Waals surface area contributed by atoms with Crippen LogP contribution in [-0.4, -0.2) is 6.11 Å². The van der Waals surface area contributed by atoms with Crippen LogP contribution in [0.4, 0.5) is 22.0 Å². The van der Waals surface area contributed by atoms with Crippen LogP contribution in [0.1, 0.15) is 107 Å². The summed E-state index contributed by atoms with van der Waals surface area (Å²) in [5.41, 5.74) is 2.36. The molecular weight excluding hydrogens is 579 g/mol. The van der Waals surface area contributed by atoms with E-state index in [0.29, 0.717) is 31.6 Å². The molecule has 2 fully saturated rings. The van der Waals surface area contributed by atoms with Gasteiger partial charge in [-0.2, -0.15) is 8.78 Å². The van der Waals surface area contributed by atoms with Crippen LogP contribution < -0.4 is 4.74 Å². The van der Waals surface area contributed by atoms with Gasteiger partial charge in [-0.3, -0.25) is 0 Å². The van der Waals surface area contributed by atoms with Gasteiger partial charge in [0.15, 0.2) is 0 Å². The van der Waals surface area contributed by atoms with E-state index in [1.54, 1.807) is 0 Å². The predicted molar refractivity (Wildman–Crippen MR) is 162 cm³/mol. The highest BCUT2D eigenvalue weighted by atomic mass is 35.5. The Balaban J connectivity index is 1.13. The maximum absolute atomic E-state index is 15.1. The molecule has 0 heterocycles. The molecule has 2 aliphatic rings. The van der Waals surface area contributed by atoms with Gasteiger partial charge >= 0.3 is 6.11 Å². The maximum atomic E-state index is 15.1. The number of alkyl halides is 2. The predicted octanol–water partition coefficient (Wildman–Crippen LogP) is 12.2. The fourth-order valence-corrected chi connectivity index (χ4v) is 7.12. The van der Waals surface area contributed by atoms with E-state index in [2.05, 4.69) is 31.2 Å². The lowest BCUT2D eigenvalue weighted by atomic mass is 9.75. The second kappa shape index (κ2) is 14.0. The average Bonchev–Trinajstić information content (AvgIpc) is 3.00. The summed E-state index contributed by atoms with van der Waals surface area (Å²) in [6.45, 7) is 2.25. The summed E-state index contributed by atoms with van der Waals surface area (Å²) in [5.74, 6) is -2.60. The van der Waals surface area contributed by atoms with E-state index in [4.69, 9.17) is 16.3 Å². The van der Waals surface area contributed by atoms with Crippen LogP contribution in [0.25, 0.3) is 11.1 Å². The topological polar surface area (TPSA) is 9.23 Å². The minimum atomic E-state index is -3.48. The molecule has 0 aromatic heterocycles. The van der Waals surface area contributed by atoms with Crippen LogP contribution in [0.5, 0.6) is 5.75 Å². The molecule has 43 heavy (non-hydrogen) atoms. The first-order chi connectivity index (χ1) is 20.6. The molecule has 232 valence electrons. The van der Waals surface area contributed by atoms with Crippen LogP contribution in [0.2, 0.25) is 5.02 Å². The van der Waals surface area contributed by atoms with Gasteiger partial charge < -0.3 is 4.74 Å². The monoisotopic (exact) mass is 618 g/mol. The zero-order valence-electron chi connectivity index (χ0n) is 24.7. The van der Waals surface area contributed by atoms with Crippen LogP contribution in [-0.2, 0) is 0 Å². The van der Waals surface area contributed by atoms with Crippen molar-refractivity contribution in [3.63, 3.8) is 0 Å². The number of hydrogen-bond acceptors (Lipinski definition) is 1. The normalized spacial score (nSPS) is 22.9. The fourth-order valence-electron chi connectivity index (χ4n) is 7.02. The third-order valence-electron chi connectivity index (χ3n) is 9.63. The van der Waals surface area contributed by atoms with Gasteiger partial charge in [-0.05, 0) is 110 Å². The lowest BCUT2D eigenvalue weighted by molar-refractivity contribution is -0.222. The van der Waals surface area contributed by atoms with Gasteiger partial charge in [0.1, 0.15) is 28.2 Å². The van der Waals surface area contributed by atoms with E-state index in [1.807, 2.05) is 0 Å². The molecule has 3 aromatic carbocycles. The van der Waals surface area contributed by atoms with Crippen molar-refractivity contribution < 1.29 is 26.7 Å². The quantitative estimate of drug-likeness (QED) is 0.125. The highest BCUT2D eigenvalue weighted by Gasteiger charge is 2.44. The van der Waals surface area contributed by atoms with Crippen molar-refractivity contribution in [2.24, 2.45) is 11.8 Å². The summed E-state index contributed by atoms with van der Waals surface area (Å²) in [7, 11) is 0. The van der Waals surface area contributed by atoms with Crippen molar-refractivity contribution in [2.45, 2.75) is 102 Å². The molecule has 5 rings (SSSR count). The first-order valence-electron chi connectivity index (χ1n) is 15.8. The van der Waals surface area contributed by atoms with E-state index in [0.717, 1.165) is 24.1 Å². The first kappa shape index (κ1) is 31.8. The van der Waals surface area contributed by atoms with Gasteiger partial charge in [0.25, 0.3) is 0 Å². The molecule has 0 unspecified atom stereocenters. The van der Waals surface area contributed by atoms with Crippen LogP contribution in [0, 0.1) is 29.3 Å². The van der Waals surface area contributed by atoms with Crippen molar-refractivity contribution in [2.75, 3.05) is 0 Å². The van der Waals surface area contributed by atoms with Crippen molar-refractivity contribution in [1.82, 2.24) is 0 Å². The van der Waals surface area contributed by atoms with Gasteiger partial charge in [-0.1, -0.05) is 68.5 Å². The Labute approximate surface area is 256 Å². The summed E-state index contributed by atoms with van der Waals surface area (Å²) in [6, 6.07) is 13.8. The van der Waals surface area contributed by atoms with Crippen molar-refractivity contribution in [3.05, 3.63) is 88.2 Å². The zero-order chi connectivity index (χ0) is 30.6. The molecule has 2 saturated carbocycles. The first-order valence-corrected chi connectivity index (χ1v) is 16.1. The van der Waals surface area contributed by atoms with Crippen molar-refractivity contribution >= 4 is 11.6 Å². The van der Waals surface area contributed by atoms with Gasteiger partial charge in [-0.25, -0.2) is 13.2 Å². The standard InChI is InChI=1S/C36H40ClF5O/c1-2-3-4-5-23-6-8-24(9-7-23)25-10-12-26(13-11-25)27-14-16-29(17-15-27)36(41,42)43-30-18-19-31(32(38)22-30)28-20-33(39)35(37)34(40)21-28/h10-13,18-24,27,29H,2-9,14-17H2,1H3. The summed E-state index contributed by atoms with van der Waals surface area (Å²) in [6.07, 6.45) is 8.84. The van der Waals surface area contributed by atoms with E-state index >= 15 is 8.78 Å². The number of benzene rings is 3. The van der Waals surface area contributed by atoms with Crippen LogP contribution in [0.3, 0.4) is 0 Å². The fraction of sp³-hybridized carbons (Fsp3) is 0.500. The Morgan fingerprint density at radius 2 is 1.28 bits per heavy atom. The van der Waals surface area contributed by atoms with Crippen molar-refractivity contribution in [3.8, 4) is 16.9 Å². The molecule has 1 nitrogen and oxygen atoms in total. The van der Waals surface area contributed by atoms with Gasteiger partial charge in [0.2, 0.25) is 0 Å². The highest BCUT2D eigenvalue weighted by molar-refractivity contribution is 6.31. The molecule has 0 spiro atoms. The Bertz CT molecular complexity index is 1340. The highest BCUT2D eigenvalue weighted by Crippen LogP contribution is 2.44. The SMILES string of the molecule is CCCCCC1CCC(c2ccc(C3CCC(C(F)(F)Oc4ccc(-c5cc(F)c(Cl)c(F)c5)c(F)c4)CC3)cc2)CC1. The Morgan fingerprint density at radius 3 is 1.81 bits per heavy atom. The maximum Gasteiger partial charge on any atom is 0.400 e. The largest absolute Gasteiger partial charge is 0.432 e. The minimum Gasteiger partial charge on any atom is -0.432 e. The molecule has 0 amide bonds. The average molecular weight is 619 g/mol. The van der Waals surface area contributed by atoms with Crippen molar-refractivity contribution in [1.29, 1.82) is 0 Å². The number of unbranched alkanes of at least 4 members (excludes halogenated alkanes) is 2. The Kier molecular flexibility index (Phi) is 10.4. The lowest BCUT2D eigenvalue weighted by Gasteiger charge is -2.33. The molecule has 7 heteroatoms. The Morgan fingerprint density at radius 1 is 0.721 bits per heavy atom. The van der Waals surface area contributed by atoms with Crippen LogP contribution in [0.15, 0.2) is 54.6 Å². The second-order valence-electron chi connectivity index (χ2n) is 12.5. The molecule has 0 aliphatic heterocycles. The molecule has 3 aromatic rings. The van der Waals surface area contributed by atoms with Gasteiger partial charge in [0, 0.05) is 11.6 Å². The molecular formula is C36H40ClF5O. The number of hydrogen-bond donors (Lipinski definition) is 0. The van der Waals surface area contributed by atoms with Gasteiger partial charge in [0.05, 0.1) is 5.92 Å². The number of ether oxygens (including phenoxy) is 1. The van der Waals surface area contributed by atoms with E-state index in [-0.39, 0.29) is 22.8 Å². The summed E-state index contributed by atoms with van der Waals surface area (Å²) in [4.78, 5) is 0. The number of halogens is 6. The molecule has 0 atom stereocenters. The third-order valence-corrected chi connectivity index (χ3v) is 9.99. The van der Waals surface area contributed by atoms with E-state index in [9.17, 15) is 13.2 Å². The zero-order valence-corrected chi connectivity index (χ0v) is 25.4. The molecule has 0 saturated heterocycles. The third kappa shape index (κ3) is 7.74. The minimum absolute atomic E-state index is 0.0910. The summed E-state index contributed by atoms with van der Waals surface area (Å²) >= 11 is 5.50. The Hall–Kier alpha value is -2.60. The van der Waals surface area contributed by atoms with Gasteiger partial charge in [-0.15, -0.1) is 0 Å². The van der Waals surface area contributed by atoms with Crippen LogP contribution >= 0.6 is 11.6 Å². The van der Waals surface area contributed by atoms with E-state index in [1.165, 1.54) is 74.6 Å². The number of rotatable bonds is 10. The second-order valence-corrected chi connectivity index (χ2v) is 12.9. The lowest BCUT2D eigenvalue weighted by Crippen LogP contribution is -2.37. The molecule has 2 aliphatic carbocycles. The summed E-state index contributed by atoms with van der Waals surface area (Å²) < 4.78 is 77.7. The summed E-state index contributed by atoms with van der Waals surface area (Å²) in [5, 5.41) is -0.693.